The van der Waals surface area contributed by atoms with Gasteiger partial charge in [0.05, 0.1) is 11.6 Å². The number of carbonyl (C=O) groups excluding carboxylic acids is 1. The third kappa shape index (κ3) is 3.97. The van der Waals surface area contributed by atoms with Crippen LogP contribution >= 0.6 is 23.8 Å². The molecule has 1 unspecified atom stereocenters. The number of halogens is 1. The average molecular weight is 373 g/mol. The molecule has 0 saturated carbocycles. The number of benzene rings is 1. The summed E-state index contributed by atoms with van der Waals surface area (Å²) in [5.41, 5.74) is 2.99. The lowest BCUT2D eigenvalue weighted by Crippen LogP contribution is -2.45. The molecule has 128 valence electrons. The number of rotatable bonds is 3. The zero-order chi connectivity index (χ0) is 18.0. The number of nitrogens with zero attached hydrogens (tertiary/aromatic N) is 1. The predicted octanol–water partition coefficient (Wildman–Crippen LogP) is 3.47. The van der Waals surface area contributed by atoms with Crippen LogP contribution in [0.5, 0.6) is 0 Å². The fourth-order valence-corrected chi connectivity index (χ4v) is 3.09. The van der Waals surface area contributed by atoms with Crippen molar-refractivity contribution in [3.05, 3.63) is 70.0 Å². The summed E-state index contributed by atoms with van der Waals surface area (Å²) in [6, 6.07) is 12.4. The van der Waals surface area contributed by atoms with Gasteiger partial charge in [0.15, 0.2) is 5.11 Å². The zero-order valence-corrected chi connectivity index (χ0v) is 15.3. The first-order valence-corrected chi connectivity index (χ1v) is 8.51. The molecule has 1 aliphatic heterocycles. The predicted molar refractivity (Wildman–Crippen MR) is 103 cm³/mol. The Labute approximate surface area is 156 Å². The lowest BCUT2D eigenvalue weighted by atomic mass is 9.95. The lowest BCUT2D eigenvalue weighted by molar-refractivity contribution is -0.113. The molecule has 1 aromatic heterocycles. The molecule has 0 saturated heterocycles. The Morgan fingerprint density at radius 2 is 1.92 bits per heavy atom. The van der Waals surface area contributed by atoms with Crippen molar-refractivity contribution in [1.82, 2.24) is 15.6 Å². The van der Waals surface area contributed by atoms with Crippen LogP contribution in [0.15, 0.2) is 53.7 Å². The molecule has 0 spiro atoms. The van der Waals surface area contributed by atoms with E-state index in [1.54, 1.807) is 18.2 Å². The van der Waals surface area contributed by atoms with Crippen molar-refractivity contribution in [2.75, 3.05) is 5.32 Å². The van der Waals surface area contributed by atoms with Gasteiger partial charge in [0.1, 0.15) is 5.82 Å². The van der Waals surface area contributed by atoms with Gasteiger partial charge in [-0.2, -0.15) is 0 Å². The first kappa shape index (κ1) is 17.4. The zero-order valence-electron chi connectivity index (χ0n) is 13.8. The molecule has 7 heteroatoms. The highest BCUT2D eigenvalue weighted by Crippen LogP contribution is 2.28. The summed E-state index contributed by atoms with van der Waals surface area (Å²) in [6.07, 6.45) is 0. The highest BCUT2D eigenvalue weighted by molar-refractivity contribution is 7.80. The second-order valence-corrected chi connectivity index (χ2v) is 6.58. The maximum Gasteiger partial charge on any atom is 0.256 e. The number of nitrogens with one attached hydrogen (secondary N) is 3. The fraction of sp³-hybridized carbons (Fsp3) is 0.167. The first-order valence-electron chi connectivity index (χ1n) is 7.73. The van der Waals surface area contributed by atoms with E-state index < -0.39 is 0 Å². The SMILES string of the molecule is CC1=C(C(=O)Nc2cccc(C)n2)C(c2ccc(Cl)cc2)NC(=S)N1. The van der Waals surface area contributed by atoms with Crippen LogP contribution < -0.4 is 16.0 Å². The number of hydrogen-bond acceptors (Lipinski definition) is 3. The Morgan fingerprint density at radius 3 is 2.60 bits per heavy atom. The summed E-state index contributed by atoms with van der Waals surface area (Å²) < 4.78 is 0. The molecule has 1 amide bonds. The smallest absolute Gasteiger partial charge is 0.256 e. The summed E-state index contributed by atoms with van der Waals surface area (Å²) in [6.45, 7) is 3.70. The van der Waals surface area contributed by atoms with E-state index in [9.17, 15) is 4.79 Å². The van der Waals surface area contributed by atoms with Crippen molar-refractivity contribution in [2.45, 2.75) is 19.9 Å². The van der Waals surface area contributed by atoms with Gasteiger partial charge in [0.25, 0.3) is 5.91 Å². The van der Waals surface area contributed by atoms with Crippen molar-refractivity contribution in [3.63, 3.8) is 0 Å². The van der Waals surface area contributed by atoms with Gasteiger partial charge in [-0.1, -0.05) is 29.8 Å². The maximum absolute atomic E-state index is 12.9. The summed E-state index contributed by atoms with van der Waals surface area (Å²) in [5.74, 6) is 0.270. The second kappa shape index (κ2) is 7.21. The third-order valence-corrected chi connectivity index (χ3v) is 4.32. The van der Waals surface area contributed by atoms with Crippen molar-refractivity contribution in [3.8, 4) is 0 Å². The number of carbonyl (C=O) groups is 1. The van der Waals surface area contributed by atoms with Crippen LogP contribution in [0, 0.1) is 6.92 Å². The topological polar surface area (TPSA) is 66.0 Å². The van der Waals surface area contributed by atoms with E-state index in [2.05, 4.69) is 20.9 Å². The molecule has 5 nitrogen and oxygen atoms in total. The molecule has 3 rings (SSSR count). The number of pyridine rings is 1. The minimum absolute atomic E-state index is 0.238. The van der Waals surface area contributed by atoms with E-state index in [0.29, 0.717) is 27.2 Å². The number of aromatic nitrogens is 1. The Kier molecular flexibility index (Phi) is 5.01. The number of hydrogen-bond donors (Lipinski definition) is 3. The van der Waals surface area contributed by atoms with E-state index >= 15 is 0 Å². The van der Waals surface area contributed by atoms with E-state index in [4.69, 9.17) is 23.8 Å². The molecule has 0 bridgehead atoms. The minimum atomic E-state index is -0.365. The summed E-state index contributed by atoms with van der Waals surface area (Å²) in [4.78, 5) is 17.2. The molecule has 1 aliphatic rings. The number of aryl methyl sites for hydroxylation is 1. The van der Waals surface area contributed by atoms with Gasteiger partial charge in [0, 0.05) is 16.4 Å². The van der Waals surface area contributed by atoms with E-state index in [1.807, 2.05) is 38.1 Å². The molecular weight excluding hydrogens is 356 g/mol. The van der Waals surface area contributed by atoms with Crippen LogP contribution in [-0.2, 0) is 4.79 Å². The van der Waals surface area contributed by atoms with Gasteiger partial charge in [-0.25, -0.2) is 4.98 Å². The van der Waals surface area contributed by atoms with Gasteiger partial charge in [-0.3, -0.25) is 4.79 Å². The molecule has 0 aliphatic carbocycles. The van der Waals surface area contributed by atoms with Crippen molar-refractivity contribution >= 4 is 40.7 Å². The standard InChI is InChI=1S/C18H17ClN4OS/c1-10-4-3-5-14(20-10)22-17(24)15-11(2)21-18(25)23-16(15)12-6-8-13(19)9-7-12/h3-9,16H,1-2H3,(H,20,22,24)(H2,21,23,25). The Morgan fingerprint density at radius 1 is 1.20 bits per heavy atom. The monoisotopic (exact) mass is 372 g/mol. The highest BCUT2D eigenvalue weighted by Gasteiger charge is 2.30. The molecule has 0 radical (unpaired) electrons. The largest absolute Gasteiger partial charge is 0.351 e. The van der Waals surface area contributed by atoms with E-state index in [-0.39, 0.29) is 11.9 Å². The number of thiocarbonyl (C=S) groups is 1. The normalized spacial score (nSPS) is 16.9. The quantitative estimate of drug-likeness (QED) is 0.720. The van der Waals surface area contributed by atoms with Crippen LogP contribution in [0.3, 0.4) is 0 Å². The van der Waals surface area contributed by atoms with Crippen LogP contribution in [0.2, 0.25) is 5.02 Å². The number of amides is 1. The molecule has 1 atom stereocenters. The van der Waals surface area contributed by atoms with Crippen LogP contribution in [0.4, 0.5) is 5.82 Å². The average Bonchev–Trinajstić information content (AvgIpc) is 2.54. The number of allylic oxidation sites excluding steroid dienone is 1. The van der Waals surface area contributed by atoms with E-state index in [1.165, 1.54) is 0 Å². The summed E-state index contributed by atoms with van der Waals surface area (Å²) >= 11 is 11.2. The van der Waals surface area contributed by atoms with Crippen molar-refractivity contribution in [2.24, 2.45) is 0 Å². The summed E-state index contributed by atoms with van der Waals surface area (Å²) in [5, 5.41) is 10.1. The van der Waals surface area contributed by atoms with E-state index in [0.717, 1.165) is 11.3 Å². The first-order chi connectivity index (χ1) is 11.9. The third-order valence-electron chi connectivity index (χ3n) is 3.85. The molecule has 2 aromatic rings. The van der Waals surface area contributed by atoms with Gasteiger partial charge in [-0.05, 0) is 55.9 Å². The van der Waals surface area contributed by atoms with Gasteiger partial charge in [-0.15, -0.1) is 0 Å². The second-order valence-electron chi connectivity index (χ2n) is 5.74. The molecule has 1 aromatic carbocycles. The Bertz CT molecular complexity index is 864. The van der Waals surface area contributed by atoms with Crippen molar-refractivity contribution in [1.29, 1.82) is 0 Å². The van der Waals surface area contributed by atoms with Crippen molar-refractivity contribution < 1.29 is 4.79 Å². The molecule has 2 heterocycles. The fourth-order valence-electron chi connectivity index (χ4n) is 2.70. The van der Waals surface area contributed by atoms with Crippen LogP contribution in [0.1, 0.15) is 24.2 Å². The molecule has 3 N–H and O–H groups in total. The number of anilines is 1. The van der Waals surface area contributed by atoms with Gasteiger partial charge < -0.3 is 16.0 Å². The Balaban J connectivity index is 1.94. The lowest BCUT2D eigenvalue weighted by Gasteiger charge is -2.30. The molecule has 25 heavy (non-hydrogen) atoms. The van der Waals surface area contributed by atoms with Gasteiger partial charge in [0.2, 0.25) is 0 Å². The maximum atomic E-state index is 12.9. The Hall–Kier alpha value is -2.44. The van der Waals surface area contributed by atoms with Crippen LogP contribution in [0.25, 0.3) is 0 Å². The summed E-state index contributed by atoms with van der Waals surface area (Å²) in [7, 11) is 0. The molecular formula is C18H17ClN4OS. The van der Waals surface area contributed by atoms with Gasteiger partial charge >= 0.3 is 0 Å². The minimum Gasteiger partial charge on any atom is -0.351 e. The van der Waals surface area contributed by atoms with Crippen LogP contribution in [-0.4, -0.2) is 16.0 Å². The molecule has 0 fully saturated rings. The highest BCUT2D eigenvalue weighted by atomic mass is 35.5.